The number of aryl methyl sites for hydroxylation is 1. The first-order valence-electron chi connectivity index (χ1n) is 5.03. The van der Waals surface area contributed by atoms with Gasteiger partial charge in [0.1, 0.15) is 5.01 Å². The Balaban J connectivity index is 2.84. The second-order valence-corrected chi connectivity index (χ2v) is 5.71. The van der Waals surface area contributed by atoms with Gasteiger partial charge in [0.25, 0.3) is 0 Å². The minimum atomic E-state index is -0.418. The summed E-state index contributed by atoms with van der Waals surface area (Å²) in [6.45, 7) is 8.07. The monoisotopic (exact) mass is 228 g/mol. The van der Waals surface area contributed by atoms with E-state index in [4.69, 9.17) is 10.5 Å². The van der Waals surface area contributed by atoms with Crippen LogP contribution in [0.1, 0.15) is 37.9 Å². The lowest BCUT2D eigenvalue weighted by atomic mass is 9.89. The van der Waals surface area contributed by atoms with E-state index in [9.17, 15) is 0 Å². The Kier molecular flexibility index (Phi) is 3.53. The van der Waals surface area contributed by atoms with E-state index in [0.717, 1.165) is 17.1 Å². The fraction of sp³-hybridized carbons (Fsp3) is 0.727. The van der Waals surface area contributed by atoms with Crippen molar-refractivity contribution < 1.29 is 4.74 Å². The molecule has 0 saturated heterocycles. The summed E-state index contributed by atoms with van der Waals surface area (Å²) in [7, 11) is 1.71. The van der Waals surface area contributed by atoms with Gasteiger partial charge in [-0.2, -0.15) is 0 Å². The van der Waals surface area contributed by atoms with Crippen molar-refractivity contribution in [1.82, 2.24) is 4.98 Å². The molecule has 0 spiro atoms. The van der Waals surface area contributed by atoms with Gasteiger partial charge in [0.05, 0.1) is 11.1 Å². The molecule has 1 rings (SSSR count). The molecule has 3 nitrogen and oxygen atoms in total. The van der Waals surface area contributed by atoms with Crippen LogP contribution in [0, 0.1) is 6.92 Å². The Morgan fingerprint density at radius 3 is 2.47 bits per heavy atom. The molecule has 0 aliphatic carbocycles. The number of ether oxygens (including phenoxy) is 1. The zero-order chi connectivity index (χ0) is 11.7. The van der Waals surface area contributed by atoms with Crippen molar-refractivity contribution in [3.05, 3.63) is 16.1 Å². The topological polar surface area (TPSA) is 48.1 Å². The summed E-state index contributed by atoms with van der Waals surface area (Å²) in [6.07, 6.45) is 0.753. The lowest BCUT2D eigenvalue weighted by Crippen LogP contribution is -2.41. The lowest BCUT2D eigenvalue weighted by molar-refractivity contribution is -0.00148. The van der Waals surface area contributed by atoms with Crippen molar-refractivity contribution in [2.45, 2.75) is 45.3 Å². The van der Waals surface area contributed by atoms with Crippen molar-refractivity contribution in [1.29, 1.82) is 0 Å². The van der Waals surface area contributed by atoms with E-state index in [0.29, 0.717) is 0 Å². The molecule has 0 aliphatic heterocycles. The van der Waals surface area contributed by atoms with Gasteiger partial charge < -0.3 is 10.5 Å². The van der Waals surface area contributed by atoms with E-state index in [-0.39, 0.29) is 5.60 Å². The number of hydrogen-bond donors (Lipinski definition) is 1. The predicted octanol–water partition coefficient (Wildman–Crippen LogP) is 2.44. The molecule has 0 fully saturated rings. The molecule has 4 heteroatoms. The highest BCUT2D eigenvalue weighted by Gasteiger charge is 2.32. The van der Waals surface area contributed by atoms with Crippen LogP contribution in [0.3, 0.4) is 0 Å². The smallest absolute Gasteiger partial charge is 0.113 e. The van der Waals surface area contributed by atoms with Crippen molar-refractivity contribution in [2.24, 2.45) is 5.73 Å². The second kappa shape index (κ2) is 4.20. The zero-order valence-corrected chi connectivity index (χ0v) is 10.9. The van der Waals surface area contributed by atoms with Gasteiger partial charge in [0.2, 0.25) is 0 Å². The molecule has 0 radical (unpaired) electrons. The molecular weight excluding hydrogens is 208 g/mol. The van der Waals surface area contributed by atoms with E-state index in [1.807, 2.05) is 33.1 Å². The maximum atomic E-state index is 6.28. The summed E-state index contributed by atoms with van der Waals surface area (Å²) < 4.78 is 5.40. The Hall–Kier alpha value is -0.450. The molecule has 0 aromatic carbocycles. The number of methoxy groups -OCH3 is 1. The van der Waals surface area contributed by atoms with Crippen LogP contribution in [-0.4, -0.2) is 17.7 Å². The third kappa shape index (κ3) is 3.26. The SMILES string of the molecule is COC(C)(C)CC(C)(N)c1nc(C)cs1. The highest BCUT2D eigenvalue weighted by Crippen LogP contribution is 2.31. The van der Waals surface area contributed by atoms with Gasteiger partial charge in [-0.1, -0.05) is 0 Å². The maximum Gasteiger partial charge on any atom is 0.113 e. The summed E-state index contributed by atoms with van der Waals surface area (Å²) in [5.41, 5.74) is 6.67. The summed E-state index contributed by atoms with van der Waals surface area (Å²) in [5, 5.41) is 3.00. The minimum absolute atomic E-state index is 0.219. The average molecular weight is 228 g/mol. The molecule has 2 N–H and O–H groups in total. The third-order valence-electron chi connectivity index (χ3n) is 2.45. The summed E-state index contributed by atoms with van der Waals surface area (Å²) in [6, 6.07) is 0. The molecule has 1 aromatic heterocycles. The first-order chi connectivity index (χ1) is 6.77. The van der Waals surface area contributed by atoms with E-state index in [1.165, 1.54) is 0 Å². The summed E-state index contributed by atoms with van der Waals surface area (Å²) in [4.78, 5) is 4.44. The number of thiazole rings is 1. The van der Waals surface area contributed by atoms with Crippen molar-refractivity contribution in [2.75, 3.05) is 7.11 Å². The first kappa shape index (κ1) is 12.6. The van der Waals surface area contributed by atoms with Crippen LogP contribution in [0.15, 0.2) is 5.38 Å². The van der Waals surface area contributed by atoms with Gasteiger partial charge in [0.15, 0.2) is 0 Å². The summed E-state index contributed by atoms with van der Waals surface area (Å²) in [5.74, 6) is 0. The maximum absolute atomic E-state index is 6.28. The molecule has 0 amide bonds. The number of nitrogens with two attached hydrogens (primary N) is 1. The number of hydrogen-bond acceptors (Lipinski definition) is 4. The van der Waals surface area contributed by atoms with Crippen molar-refractivity contribution >= 4 is 11.3 Å². The first-order valence-corrected chi connectivity index (χ1v) is 5.91. The van der Waals surface area contributed by atoms with Crippen LogP contribution < -0.4 is 5.73 Å². The van der Waals surface area contributed by atoms with Gasteiger partial charge in [-0.25, -0.2) is 4.98 Å². The van der Waals surface area contributed by atoms with E-state index >= 15 is 0 Å². The Morgan fingerprint density at radius 1 is 1.47 bits per heavy atom. The number of aromatic nitrogens is 1. The summed E-state index contributed by atoms with van der Waals surface area (Å²) >= 11 is 1.62. The molecule has 1 atom stereocenters. The highest BCUT2D eigenvalue weighted by molar-refractivity contribution is 7.09. The van der Waals surface area contributed by atoms with E-state index in [1.54, 1.807) is 18.4 Å². The lowest BCUT2D eigenvalue weighted by Gasteiger charge is -2.32. The number of nitrogens with zero attached hydrogens (tertiary/aromatic N) is 1. The molecule has 1 unspecified atom stereocenters. The molecule has 86 valence electrons. The van der Waals surface area contributed by atoms with Crippen LogP contribution in [-0.2, 0) is 10.3 Å². The molecule has 0 bridgehead atoms. The van der Waals surface area contributed by atoms with E-state index < -0.39 is 5.54 Å². The Labute approximate surface area is 95.7 Å². The second-order valence-electron chi connectivity index (χ2n) is 4.85. The normalized spacial score (nSPS) is 16.4. The molecule has 1 heterocycles. The van der Waals surface area contributed by atoms with Gasteiger partial charge in [0, 0.05) is 24.6 Å². The van der Waals surface area contributed by atoms with Crippen LogP contribution in [0.25, 0.3) is 0 Å². The molecule has 0 aliphatic rings. The fourth-order valence-electron chi connectivity index (χ4n) is 1.65. The molecule has 1 aromatic rings. The predicted molar refractivity (Wildman–Crippen MR) is 64.1 cm³/mol. The fourth-order valence-corrected chi connectivity index (χ4v) is 2.52. The Bertz CT molecular complexity index is 331. The third-order valence-corrected chi connectivity index (χ3v) is 3.69. The molecule has 15 heavy (non-hydrogen) atoms. The number of rotatable bonds is 4. The quantitative estimate of drug-likeness (QED) is 0.861. The van der Waals surface area contributed by atoms with Gasteiger partial charge in [-0.3, -0.25) is 0 Å². The van der Waals surface area contributed by atoms with Gasteiger partial charge in [-0.05, 0) is 27.7 Å². The van der Waals surface area contributed by atoms with E-state index in [2.05, 4.69) is 4.98 Å². The molecular formula is C11H20N2OS. The van der Waals surface area contributed by atoms with Crippen LogP contribution in [0.2, 0.25) is 0 Å². The zero-order valence-electron chi connectivity index (χ0n) is 10.1. The van der Waals surface area contributed by atoms with Crippen molar-refractivity contribution in [3.8, 4) is 0 Å². The molecule has 0 saturated carbocycles. The minimum Gasteiger partial charge on any atom is -0.379 e. The van der Waals surface area contributed by atoms with Crippen molar-refractivity contribution in [3.63, 3.8) is 0 Å². The largest absolute Gasteiger partial charge is 0.379 e. The van der Waals surface area contributed by atoms with Crippen LogP contribution in [0.5, 0.6) is 0 Å². The standard InChI is InChI=1S/C11H20N2OS/c1-8-6-15-9(13-8)11(4,12)7-10(2,3)14-5/h6H,7,12H2,1-5H3. The average Bonchev–Trinajstić information content (AvgIpc) is 2.51. The van der Waals surface area contributed by atoms with Crippen LogP contribution >= 0.6 is 11.3 Å². The highest BCUT2D eigenvalue weighted by atomic mass is 32.1. The van der Waals surface area contributed by atoms with Gasteiger partial charge >= 0.3 is 0 Å². The van der Waals surface area contributed by atoms with Gasteiger partial charge in [-0.15, -0.1) is 11.3 Å². The van der Waals surface area contributed by atoms with Crippen LogP contribution in [0.4, 0.5) is 0 Å². The Morgan fingerprint density at radius 2 is 2.07 bits per heavy atom.